The summed E-state index contributed by atoms with van der Waals surface area (Å²) >= 11 is 0. The van der Waals surface area contributed by atoms with Crippen LogP contribution >= 0.6 is 0 Å². The molecular formula is C14H18. The summed E-state index contributed by atoms with van der Waals surface area (Å²) in [6.45, 7) is 6.48. The molecule has 0 fully saturated rings. The molecule has 0 bridgehead atoms. The van der Waals surface area contributed by atoms with Gasteiger partial charge in [-0.1, -0.05) is 55.5 Å². The molecule has 1 aliphatic carbocycles. The smallest absolute Gasteiger partial charge is 0.00755 e. The van der Waals surface area contributed by atoms with Gasteiger partial charge in [0.15, 0.2) is 0 Å². The number of hydrogen-bond acceptors (Lipinski definition) is 0. The Kier molecular flexibility index (Phi) is 4.18. The highest BCUT2D eigenvalue weighted by Gasteiger charge is 1.92. The molecule has 0 aromatic carbocycles. The SMILES string of the molecule is CC1=C(C)\C=C/C(C)\C=C/C=C/C=C\1. The zero-order valence-corrected chi connectivity index (χ0v) is 9.20. The molecule has 0 heteroatoms. The van der Waals surface area contributed by atoms with E-state index in [2.05, 4.69) is 69.4 Å². The highest BCUT2D eigenvalue weighted by molar-refractivity contribution is 5.33. The van der Waals surface area contributed by atoms with Gasteiger partial charge >= 0.3 is 0 Å². The zero-order valence-electron chi connectivity index (χ0n) is 9.20. The Morgan fingerprint density at radius 3 is 2.21 bits per heavy atom. The second kappa shape index (κ2) is 5.43. The maximum absolute atomic E-state index is 2.22. The van der Waals surface area contributed by atoms with E-state index >= 15 is 0 Å². The first-order valence-corrected chi connectivity index (χ1v) is 5.07. The number of allylic oxidation sites excluding steroid dienone is 10. The Morgan fingerprint density at radius 1 is 0.786 bits per heavy atom. The Morgan fingerprint density at radius 2 is 1.43 bits per heavy atom. The number of hydrogen-bond donors (Lipinski definition) is 0. The lowest BCUT2D eigenvalue weighted by atomic mass is 10.1. The second-order valence-electron chi connectivity index (χ2n) is 3.71. The molecule has 1 rings (SSSR count). The van der Waals surface area contributed by atoms with Crippen molar-refractivity contribution in [3.05, 3.63) is 59.8 Å². The van der Waals surface area contributed by atoms with Crippen LogP contribution in [0.1, 0.15) is 20.8 Å². The molecular weight excluding hydrogens is 168 g/mol. The van der Waals surface area contributed by atoms with Crippen LogP contribution in [-0.2, 0) is 0 Å². The first-order chi connectivity index (χ1) is 6.70. The summed E-state index contributed by atoms with van der Waals surface area (Å²) in [5.74, 6) is 0.500. The maximum atomic E-state index is 2.22. The molecule has 0 spiro atoms. The highest BCUT2D eigenvalue weighted by atomic mass is 14.0. The van der Waals surface area contributed by atoms with Gasteiger partial charge in [0.2, 0.25) is 0 Å². The lowest BCUT2D eigenvalue weighted by molar-refractivity contribution is 0.938. The summed E-state index contributed by atoms with van der Waals surface area (Å²) < 4.78 is 0. The fraction of sp³-hybridized carbons (Fsp3) is 0.286. The molecule has 0 amide bonds. The average Bonchev–Trinajstić information content (AvgIpc) is 2.20. The molecule has 1 atom stereocenters. The van der Waals surface area contributed by atoms with Gasteiger partial charge in [0.05, 0.1) is 0 Å². The summed E-state index contributed by atoms with van der Waals surface area (Å²) in [7, 11) is 0. The van der Waals surface area contributed by atoms with Crippen molar-refractivity contribution in [3.8, 4) is 0 Å². The average molecular weight is 186 g/mol. The van der Waals surface area contributed by atoms with Gasteiger partial charge in [-0.2, -0.15) is 0 Å². The largest absolute Gasteiger partial charge is 0.0779 e. The molecule has 0 heterocycles. The predicted molar refractivity (Wildman–Crippen MR) is 64.1 cm³/mol. The maximum Gasteiger partial charge on any atom is -0.00755 e. The molecule has 0 aromatic heterocycles. The van der Waals surface area contributed by atoms with Crippen molar-refractivity contribution >= 4 is 0 Å². The molecule has 0 saturated heterocycles. The van der Waals surface area contributed by atoms with Gasteiger partial charge in [-0.25, -0.2) is 0 Å². The standard InChI is InChI=1S/C14H18/c1-12-8-6-4-5-7-9-13(2)14(3)11-10-12/h4-12H,1-3H3/b5-4+,8-6-,9-7-,11-10-,14-13+. The highest BCUT2D eigenvalue weighted by Crippen LogP contribution is 2.10. The minimum Gasteiger partial charge on any atom is -0.0779 e. The van der Waals surface area contributed by atoms with Crippen LogP contribution in [0.15, 0.2) is 59.8 Å². The third kappa shape index (κ3) is 3.61. The molecule has 1 unspecified atom stereocenters. The Labute approximate surface area is 87.0 Å². The third-order valence-corrected chi connectivity index (χ3v) is 2.37. The minimum atomic E-state index is 0.500. The summed E-state index contributed by atoms with van der Waals surface area (Å²) in [6.07, 6.45) is 17.0. The fourth-order valence-corrected chi connectivity index (χ4v) is 1.19. The van der Waals surface area contributed by atoms with E-state index in [9.17, 15) is 0 Å². The monoisotopic (exact) mass is 186 g/mol. The lowest BCUT2D eigenvalue weighted by Gasteiger charge is -1.99. The predicted octanol–water partition coefficient (Wildman–Crippen LogP) is 4.20. The zero-order chi connectivity index (χ0) is 10.4. The molecule has 0 nitrogen and oxygen atoms in total. The van der Waals surface area contributed by atoms with Gasteiger partial charge in [0, 0.05) is 0 Å². The first kappa shape index (κ1) is 10.8. The normalized spacial score (nSPS) is 36.9. The van der Waals surface area contributed by atoms with Crippen molar-refractivity contribution in [1.29, 1.82) is 0 Å². The molecule has 14 heavy (non-hydrogen) atoms. The molecule has 0 radical (unpaired) electrons. The Bertz CT molecular complexity index is 322. The van der Waals surface area contributed by atoms with E-state index in [0.29, 0.717) is 5.92 Å². The van der Waals surface area contributed by atoms with Gasteiger partial charge in [0.25, 0.3) is 0 Å². The third-order valence-electron chi connectivity index (χ3n) is 2.37. The summed E-state index contributed by atoms with van der Waals surface area (Å²) in [5, 5.41) is 0. The van der Waals surface area contributed by atoms with E-state index in [1.807, 2.05) is 0 Å². The van der Waals surface area contributed by atoms with Crippen molar-refractivity contribution in [2.24, 2.45) is 5.92 Å². The molecule has 0 aliphatic heterocycles. The van der Waals surface area contributed by atoms with Crippen LogP contribution in [-0.4, -0.2) is 0 Å². The molecule has 1 aliphatic rings. The minimum absolute atomic E-state index is 0.500. The van der Waals surface area contributed by atoms with E-state index in [1.54, 1.807) is 0 Å². The van der Waals surface area contributed by atoms with Crippen LogP contribution in [0, 0.1) is 5.92 Å². The molecule has 0 N–H and O–H groups in total. The van der Waals surface area contributed by atoms with Crippen LogP contribution in [0.4, 0.5) is 0 Å². The van der Waals surface area contributed by atoms with E-state index < -0.39 is 0 Å². The molecule has 74 valence electrons. The second-order valence-corrected chi connectivity index (χ2v) is 3.71. The van der Waals surface area contributed by atoms with E-state index in [4.69, 9.17) is 0 Å². The first-order valence-electron chi connectivity index (χ1n) is 5.07. The van der Waals surface area contributed by atoms with Crippen LogP contribution in [0.3, 0.4) is 0 Å². The Hall–Kier alpha value is -1.30. The fourth-order valence-electron chi connectivity index (χ4n) is 1.19. The van der Waals surface area contributed by atoms with Gasteiger partial charge in [-0.15, -0.1) is 0 Å². The van der Waals surface area contributed by atoms with Gasteiger partial charge in [-0.05, 0) is 30.9 Å². The van der Waals surface area contributed by atoms with Crippen molar-refractivity contribution in [2.75, 3.05) is 0 Å². The lowest BCUT2D eigenvalue weighted by Crippen LogP contribution is -1.82. The van der Waals surface area contributed by atoms with Crippen molar-refractivity contribution in [2.45, 2.75) is 20.8 Å². The van der Waals surface area contributed by atoms with Crippen molar-refractivity contribution in [3.63, 3.8) is 0 Å². The van der Waals surface area contributed by atoms with Gasteiger partial charge < -0.3 is 0 Å². The molecule has 0 aromatic rings. The van der Waals surface area contributed by atoms with Crippen LogP contribution in [0.2, 0.25) is 0 Å². The van der Waals surface area contributed by atoms with Crippen molar-refractivity contribution in [1.82, 2.24) is 0 Å². The summed E-state index contributed by atoms with van der Waals surface area (Å²) in [6, 6.07) is 0. The van der Waals surface area contributed by atoms with E-state index in [1.165, 1.54) is 11.1 Å². The van der Waals surface area contributed by atoms with Crippen LogP contribution < -0.4 is 0 Å². The topological polar surface area (TPSA) is 0 Å². The quantitative estimate of drug-likeness (QED) is 0.532. The molecule has 0 saturated carbocycles. The van der Waals surface area contributed by atoms with E-state index in [0.717, 1.165) is 0 Å². The van der Waals surface area contributed by atoms with Crippen LogP contribution in [0.25, 0.3) is 0 Å². The van der Waals surface area contributed by atoms with Gasteiger partial charge in [0.1, 0.15) is 0 Å². The summed E-state index contributed by atoms with van der Waals surface area (Å²) in [4.78, 5) is 0. The van der Waals surface area contributed by atoms with Crippen molar-refractivity contribution < 1.29 is 0 Å². The van der Waals surface area contributed by atoms with Crippen LogP contribution in [0.5, 0.6) is 0 Å². The Balaban J connectivity index is 2.96. The summed E-state index contributed by atoms with van der Waals surface area (Å²) in [5.41, 5.74) is 2.65. The van der Waals surface area contributed by atoms with Gasteiger partial charge in [-0.3, -0.25) is 0 Å². The van der Waals surface area contributed by atoms with E-state index in [-0.39, 0.29) is 0 Å². The number of rotatable bonds is 0.